The average molecular weight is 376 g/mol. The first-order valence-electron chi connectivity index (χ1n) is 10.6. The van der Waals surface area contributed by atoms with Crippen LogP contribution in [0.3, 0.4) is 0 Å². The first-order chi connectivity index (χ1) is 13.6. The summed E-state index contributed by atoms with van der Waals surface area (Å²) in [4.78, 5) is 42.3. The fourth-order valence-corrected chi connectivity index (χ4v) is 6.24. The molecular weight excluding hydrogens is 352 g/mol. The number of hydrogen-bond acceptors (Lipinski definition) is 3. The van der Waals surface area contributed by atoms with Gasteiger partial charge in [-0.05, 0) is 73.6 Å². The first-order valence-corrected chi connectivity index (χ1v) is 10.6. The van der Waals surface area contributed by atoms with Gasteiger partial charge < -0.3 is 4.90 Å². The van der Waals surface area contributed by atoms with Gasteiger partial charge in [0, 0.05) is 18.7 Å². The number of piperidine rings is 1. The number of carbonyl (C=O) groups excluding carboxylic acids is 3. The zero-order valence-corrected chi connectivity index (χ0v) is 15.8. The summed E-state index contributed by atoms with van der Waals surface area (Å²) in [7, 11) is 0. The van der Waals surface area contributed by atoms with E-state index in [1.54, 1.807) is 24.3 Å². The number of imide groups is 1. The second kappa shape index (κ2) is 5.79. The highest BCUT2D eigenvalue weighted by Crippen LogP contribution is 2.65. The van der Waals surface area contributed by atoms with Crippen molar-refractivity contribution in [2.45, 2.75) is 25.7 Å². The Bertz CT molecular complexity index is 863. The maximum absolute atomic E-state index is 13.2. The molecule has 0 spiro atoms. The van der Waals surface area contributed by atoms with Gasteiger partial charge in [-0.2, -0.15) is 0 Å². The van der Waals surface area contributed by atoms with E-state index in [2.05, 4.69) is 12.2 Å². The SMILES string of the molecule is O=C(c1ccc(N2C(=O)[C@@H]3[C@H]4C=C[C@H]([C@H]5C[C@H]45)[C@@H]3C2=O)cc1)N1CCCCC1. The monoisotopic (exact) mass is 376 g/mol. The molecule has 4 aliphatic carbocycles. The van der Waals surface area contributed by atoms with Crippen molar-refractivity contribution in [1.29, 1.82) is 0 Å². The number of amides is 3. The van der Waals surface area contributed by atoms with Crippen molar-refractivity contribution in [2.24, 2.45) is 35.5 Å². The fraction of sp³-hybridized carbons (Fsp3) is 0.522. The minimum Gasteiger partial charge on any atom is -0.339 e. The van der Waals surface area contributed by atoms with Gasteiger partial charge >= 0.3 is 0 Å². The highest BCUT2D eigenvalue weighted by atomic mass is 16.2. The lowest BCUT2D eigenvalue weighted by Crippen LogP contribution is -2.40. The van der Waals surface area contributed by atoms with Crippen molar-refractivity contribution in [3.05, 3.63) is 42.0 Å². The number of anilines is 1. The standard InChI is InChI=1S/C23H24N2O3/c26-21(24-10-2-1-3-11-24)13-4-6-14(7-5-13)25-22(27)19-15-8-9-16(18-12-17(15)18)20(19)23(25)28/h4-9,15-20H,1-3,10-12H2/t15-,16+,17-,18-,19+,20-/m1/s1. The zero-order chi connectivity index (χ0) is 19.0. The third kappa shape index (κ3) is 2.16. The van der Waals surface area contributed by atoms with Crippen LogP contribution in [0.15, 0.2) is 36.4 Å². The maximum Gasteiger partial charge on any atom is 0.253 e. The molecule has 4 fully saturated rings. The molecule has 2 saturated carbocycles. The summed E-state index contributed by atoms with van der Waals surface area (Å²) in [5, 5.41) is 0. The quantitative estimate of drug-likeness (QED) is 0.589. The molecule has 2 bridgehead atoms. The molecule has 3 amide bonds. The van der Waals surface area contributed by atoms with E-state index < -0.39 is 0 Å². The molecule has 6 aliphatic rings. The summed E-state index contributed by atoms with van der Waals surface area (Å²) in [6.45, 7) is 1.62. The second-order valence-corrected chi connectivity index (χ2v) is 9.07. The lowest BCUT2D eigenvalue weighted by Gasteiger charge is -2.37. The van der Waals surface area contributed by atoms with E-state index in [1.165, 1.54) is 17.7 Å². The smallest absolute Gasteiger partial charge is 0.253 e. The molecule has 144 valence electrons. The molecule has 1 aromatic carbocycles. The molecule has 0 aromatic heterocycles. The van der Waals surface area contributed by atoms with Crippen molar-refractivity contribution < 1.29 is 14.4 Å². The van der Waals surface area contributed by atoms with E-state index in [1.807, 2.05) is 4.90 Å². The highest BCUT2D eigenvalue weighted by molar-refractivity contribution is 6.22. The van der Waals surface area contributed by atoms with Gasteiger partial charge in [-0.3, -0.25) is 19.3 Å². The van der Waals surface area contributed by atoms with Crippen LogP contribution in [-0.4, -0.2) is 35.7 Å². The van der Waals surface area contributed by atoms with Gasteiger partial charge in [0.1, 0.15) is 0 Å². The summed E-state index contributed by atoms with van der Waals surface area (Å²) in [6.07, 6.45) is 8.85. The van der Waals surface area contributed by atoms with Crippen molar-refractivity contribution in [3.63, 3.8) is 0 Å². The number of allylic oxidation sites excluding steroid dienone is 2. The predicted octanol–water partition coefficient (Wildman–Crippen LogP) is 2.87. The van der Waals surface area contributed by atoms with Gasteiger partial charge in [0.05, 0.1) is 17.5 Å². The minimum absolute atomic E-state index is 0.0429. The predicted molar refractivity (Wildman–Crippen MR) is 103 cm³/mol. The summed E-state index contributed by atoms with van der Waals surface area (Å²) in [6, 6.07) is 7.05. The number of hydrogen-bond donors (Lipinski definition) is 0. The Balaban J connectivity index is 1.26. The van der Waals surface area contributed by atoms with Crippen molar-refractivity contribution in [1.82, 2.24) is 4.90 Å². The van der Waals surface area contributed by atoms with E-state index in [-0.39, 0.29) is 41.4 Å². The van der Waals surface area contributed by atoms with Crippen LogP contribution < -0.4 is 4.90 Å². The fourth-order valence-electron chi connectivity index (χ4n) is 6.24. The Labute approximate surface area is 164 Å². The third-order valence-electron chi connectivity index (χ3n) is 7.68. The molecule has 6 atom stereocenters. The van der Waals surface area contributed by atoms with Crippen LogP contribution in [0.4, 0.5) is 5.69 Å². The van der Waals surface area contributed by atoms with E-state index in [0.29, 0.717) is 23.1 Å². The summed E-state index contributed by atoms with van der Waals surface area (Å²) in [5.74, 6) is 1.28. The number of nitrogens with zero attached hydrogens (tertiary/aromatic N) is 2. The maximum atomic E-state index is 13.2. The largest absolute Gasteiger partial charge is 0.339 e. The molecule has 2 heterocycles. The Morgan fingerprint density at radius 2 is 1.39 bits per heavy atom. The van der Waals surface area contributed by atoms with E-state index in [9.17, 15) is 14.4 Å². The first kappa shape index (κ1) is 16.5. The third-order valence-corrected chi connectivity index (χ3v) is 7.68. The Morgan fingerprint density at radius 1 is 0.821 bits per heavy atom. The normalized spacial score (nSPS) is 37.9. The number of benzene rings is 1. The Morgan fingerprint density at radius 3 is 1.96 bits per heavy atom. The van der Waals surface area contributed by atoms with Gasteiger partial charge in [0.2, 0.25) is 11.8 Å². The van der Waals surface area contributed by atoms with Crippen LogP contribution in [0.5, 0.6) is 0 Å². The van der Waals surface area contributed by atoms with Gasteiger partial charge in [0.25, 0.3) is 5.91 Å². The topological polar surface area (TPSA) is 57.7 Å². The molecule has 28 heavy (non-hydrogen) atoms. The van der Waals surface area contributed by atoms with Gasteiger partial charge in [-0.15, -0.1) is 0 Å². The summed E-state index contributed by atoms with van der Waals surface area (Å²) in [5.41, 5.74) is 1.23. The number of carbonyl (C=O) groups is 3. The molecule has 2 saturated heterocycles. The molecular formula is C23H24N2O3. The second-order valence-electron chi connectivity index (χ2n) is 9.07. The van der Waals surface area contributed by atoms with Gasteiger partial charge in [-0.25, -0.2) is 0 Å². The van der Waals surface area contributed by atoms with Crippen LogP contribution in [0.1, 0.15) is 36.0 Å². The van der Waals surface area contributed by atoms with Crippen molar-refractivity contribution in [3.8, 4) is 0 Å². The van der Waals surface area contributed by atoms with E-state index in [0.717, 1.165) is 25.9 Å². The summed E-state index contributed by atoms with van der Waals surface area (Å²) < 4.78 is 0. The molecule has 7 rings (SSSR count). The Kier molecular flexibility index (Phi) is 3.41. The molecule has 2 aliphatic heterocycles. The van der Waals surface area contributed by atoms with Crippen LogP contribution in [-0.2, 0) is 9.59 Å². The van der Waals surface area contributed by atoms with Crippen LogP contribution in [0, 0.1) is 35.5 Å². The van der Waals surface area contributed by atoms with Crippen molar-refractivity contribution in [2.75, 3.05) is 18.0 Å². The number of likely N-dealkylation sites (tertiary alicyclic amines) is 1. The van der Waals surface area contributed by atoms with Gasteiger partial charge in [0.15, 0.2) is 0 Å². The minimum atomic E-state index is -0.180. The molecule has 0 unspecified atom stereocenters. The summed E-state index contributed by atoms with van der Waals surface area (Å²) >= 11 is 0. The highest BCUT2D eigenvalue weighted by Gasteiger charge is 2.67. The van der Waals surface area contributed by atoms with Crippen LogP contribution in [0.2, 0.25) is 0 Å². The van der Waals surface area contributed by atoms with Crippen LogP contribution >= 0.6 is 0 Å². The number of rotatable bonds is 2. The lowest BCUT2D eigenvalue weighted by molar-refractivity contribution is -0.124. The van der Waals surface area contributed by atoms with Gasteiger partial charge in [-0.1, -0.05) is 12.2 Å². The zero-order valence-electron chi connectivity index (χ0n) is 15.8. The average Bonchev–Trinajstić information content (AvgIpc) is 3.52. The van der Waals surface area contributed by atoms with Crippen molar-refractivity contribution >= 4 is 23.4 Å². The molecule has 5 heteroatoms. The molecule has 0 radical (unpaired) electrons. The lowest BCUT2D eigenvalue weighted by atomic mass is 9.63. The van der Waals surface area contributed by atoms with E-state index >= 15 is 0 Å². The Hall–Kier alpha value is -2.43. The van der Waals surface area contributed by atoms with E-state index in [4.69, 9.17) is 0 Å². The molecule has 5 nitrogen and oxygen atoms in total. The van der Waals surface area contributed by atoms with Crippen LogP contribution in [0.25, 0.3) is 0 Å². The molecule has 0 N–H and O–H groups in total. The molecule has 1 aromatic rings.